The van der Waals surface area contributed by atoms with E-state index >= 15 is 0 Å². The molecule has 31 heavy (non-hydrogen) atoms. The van der Waals surface area contributed by atoms with Gasteiger partial charge in [0.05, 0.1) is 17.1 Å². The highest BCUT2D eigenvalue weighted by Crippen LogP contribution is 2.26. The average Bonchev–Trinajstić information content (AvgIpc) is 3.25. The van der Waals surface area contributed by atoms with Crippen LogP contribution in [0.25, 0.3) is 0 Å². The molecule has 1 saturated heterocycles. The third kappa shape index (κ3) is 4.76. The Balaban J connectivity index is 1.40. The van der Waals surface area contributed by atoms with Crippen LogP contribution >= 0.6 is 22.9 Å². The highest BCUT2D eigenvalue weighted by atomic mass is 35.5. The molecular formula is C22H19ClN4O3S. The molecule has 2 heterocycles. The lowest BCUT2D eigenvalue weighted by Crippen LogP contribution is -2.40. The van der Waals surface area contributed by atoms with Crippen LogP contribution in [0.15, 0.2) is 53.9 Å². The van der Waals surface area contributed by atoms with E-state index < -0.39 is 17.5 Å². The number of hydrogen-bond acceptors (Lipinski definition) is 5. The molecule has 1 atom stereocenters. The van der Waals surface area contributed by atoms with Crippen molar-refractivity contribution in [1.82, 2.24) is 15.6 Å². The fourth-order valence-electron chi connectivity index (χ4n) is 3.36. The zero-order valence-corrected chi connectivity index (χ0v) is 18.1. The smallest absolute Gasteiger partial charge is 0.322 e. The van der Waals surface area contributed by atoms with Gasteiger partial charge in [-0.2, -0.15) is 0 Å². The standard InChI is InChI=1S/C22H19ClN4O3S/c1-22(20(29)26-21(30)27-22)14-5-3-7-16(10-14)24-18(28)11-17-12-31-19(25-17)9-13-4-2-6-15(23)8-13/h2-8,10,12H,9,11H2,1H3,(H,24,28)(H2,26,27,29,30). The van der Waals surface area contributed by atoms with Gasteiger partial charge >= 0.3 is 6.03 Å². The van der Waals surface area contributed by atoms with Crippen molar-refractivity contribution in [2.45, 2.75) is 25.3 Å². The molecule has 9 heteroatoms. The normalized spacial score (nSPS) is 17.9. The minimum Gasteiger partial charge on any atom is -0.326 e. The summed E-state index contributed by atoms with van der Waals surface area (Å²) in [6.45, 7) is 1.62. The number of aromatic nitrogens is 1. The Morgan fingerprint density at radius 3 is 2.74 bits per heavy atom. The molecule has 4 rings (SSSR count). The quantitative estimate of drug-likeness (QED) is 0.495. The SMILES string of the molecule is CC1(c2cccc(NC(=O)Cc3csc(Cc4cccc(Cl)c4)n3)c2)NC(=O)NC1=O. The molecule has 1 unspecified atom stereocenters. The maximum absolute atomic E-state index is 12.5. The first-order chi connectivity index (χ1) is 14.8. The summed E-state index contributed by atoms with van der Waals surface area (Å²) in [5, 5.41) is 11.1. The van der Waals surface area contributed by atoms with E-state index in [4.69, 9.17) is 11.6 Å². The number of nitrogens with one attached hydrogen (secondary N) is 3. The van der Waals surface area contributed by atoms with Gasteiger partial charge in [-0.3, -0.25) is 14.9 Å². The second-order valence-electron chi connectivity index (χ2n) is 7.38. The number of halogens is 1. The van der Waals surface area contributed by atoms with Crippen LogP contribution in [-0.2, 0) is 28.0 Å². The van der Waals surface area contributed by atoms with Gasteiger partial charge in [-0.1, -0.05) is 35.9 Å². The first kappa shape index (κ1) is 21.0. The number of imide groups is 1. The monoisotopic (exact) mass is 454 g/mol. The number of thiazole rings is 1. The van der Waals surface area contributed by atoms with Gasteiger partial charge in [0.2, 0.25) is 5.91 Å². The molecule has 0 radical (unpaired) electrons. The molecule has 0 spiro atoms. The van der Waals surface area contributed by atoms with Gasteiger partial charge in [0.25, 0.3) is 5.91 Å². The molecule has 0 bridgehead atoms. The third-order valence-electron chi connectivity index (χ3n) is 4.95. The largest absolute Gasteiger partial charge is 0.326 e. The molecule has 1 fully saturated rings. The number of nitrogens with zero attached hydrogens (tertiary/aromatic N) is 1. The Morgan fingerprint density at radius 2 is 2.00 bits per heavy atom. The van der Waals surface area contributed by atoms with Crippen LogP contribution < -0.4 is 16.0 Å². The summed E-state index contributed by atoms with van der Waals surface area (Å²) in [4.78, 5) is 40.7. The molecule has 1 aliphatic rings. The van der Waals surface area contributed by atoms with Gasteiger partial charge in [0, 0.05) is 22.5 Å². The van der Waals surface area contributed by atoms with E-state index in [2.05, 4.69) is 20.9 Å². The first-order valence-corrected chi connectivity index (χ1v) is 10.8. The van der Waals surface area contributed by atoms with Crippen molar-refractivity contribution in [3.8, 4) is 0 Å². The van der Waals surface area contributed by atoms with E-state index in [9.17, 15) is 14.4 Å². The van der Waals surface area contributed by atoms with Crippen molar-refractivity contribution in [3.63, 3.8) is 0 Å². The lowest BCUT2D eigenvalue weighted by molar-refractivity contribution is -0.123. The van der Waals surface area contributed by atoms with Crippen molar-refractivity contribution in [3.05, 3.63) is 80.8 Å². The molecule has 3 N–H and O–H groups in total. The number of hydrogen-bond donors (Lipinski definition) is 3. The van der Waals surface area contributed by atoms with E-state index in [1.165, 1.54) is 11.3 Å². The zero-order valence-electron chi connectivity index (χ0n) is 16.6. The number of carbonyl (C=O) groups excluding carboxylic acids is 3. The molecule has 3 aromatic rings. The Labute approximate surface area is 187 Å². The lowest BCUT2D eigenvalue weighted by atomic mass is 9.92. The van der Waals surface area contributed by atoms with Crippen molar-refractivity contribution >= 4 is 46.5 Å². The number of amides is 4. The minimum absolute atomic E-state index is 0.130. The number of anilines is 1. The van der Waals surface area contributed by atoms with Gasteiger partial charge in [-0.15, -0.1) is 11.3 Å². The minimum atomic E-state index is -1.18. The van der Waals surface area contributed by atoms with E-state index in [0.717, 1.165) is 10.6 Å². The summed E-state index contributed by atoms with van der Waals surface area (Å²) in [6, 6.07) is 13.9. The number of rotatable bonds is 6. The van der Waals surface area contributed by atoms with Crippen LogP contribution in [0.3, 0.4) is 0 Å². The summed E-state index contributed by atoms with van der Waals surface area (Å²) < 4.78 is 0. The second-order valence-corrected chi connectivity index (χ2v) is 8.76. The highest BCUT2D eigenvalue weighted by Gasteiger charge is 2.43. The summed E-state index contributed by atoms with van der Waals surface area (Å²) in [5.74, 6) is -0.655. The van der Waals surface area contributed by atoms with Gasteiger partial charge in [-0.25, -0.2) is 9.78 Å². The van der Waals surface area contributed by atoms with E-state index in [-0.39, 0.29) is 12.3 Å². The maximum Gasteiger partial charge on any atom is 0.322 e. The van der Waals surface area contributed by atoms with E-state index in [0.29, 0.717) is 28.4 Å². The van der Waals surface area contributed by atoms with Crippen molar-refractivity contribution in [2.24, 2.45) is 0 Å². The first-order valence-electron chi connectivity index (χ1n) is 9.53. The molecule has 158 valence electrons. The number of benzene rings is 2. The molecule has 1 aromatic heterocycles. The predicted molar refractivity (Wildman–Crippen MR) is 119 cm³/mol. The van der Waals surface area contributed by atoms with Crippen molar-refractivity contribution in [1.29, 1.82) is 0 Å². The molecule has 0 aliphatic carbocycles. The second kappa shape index (κ2) is 8.49. The fraction of sp³-hybridized carbons (Fsp3) is 0.182. The van der Waals surface area contributed by atoms with Gasteiger partial charge < -0.3 is 10.6 Å². The molecule has 7 nitrogen and oxygen atoms in total. The van der Waals surface area contributed by atoms with E-state index in [1.807, 2.05) is 29.6 Å². The summed E-state index contributed by atoms with van der Waals surface area (Å²) in [5.41, 5.74) is 1.68. The Kier molecular flexibility index (Phi) is 5.75. The number of urea groups is 1. The summed E-state index contributed by atoms with van der Waals surface area (Å²) in [7, 11) is 0. The Hall–Kier alpha value is -3.23. The average molecular weight is 455 g/mol. The Bertz CT molecular complexity index is 1180. The molecule has 2 aromatic carbocycles. The van der Waals surface area contributed by atoms with E-state index in [1.54, 1.807) is 31.2 Å². The summed E-state index contributed by atoms with van der Waals surface area (Å²) >= 11 is 7.52. The van der Waals surface area contributed by atoms with Crippen LogP contribution in [0, 0.1) is 0 Å². The van der Waals surface area contributed by atoms with Crippen LogP contribution in [0.4, 0.5) is 10.5 Å². The Morgan fingerprint density at radius 1 is 1.19 bits per heavy atom. The highest BCUT2D eigenvalue weighted by molar-refractivity contribution is 7.09. The molecule has 4 amide bonds. The van der Waals surface area contributed by atoms with Crippen LogP contribution in [0.5, 0.6) is 0 Å². The fourth-order valence-corrected chi connectivity index (χ4v) is 4.40. The van der Waals surface area contributed by atoms with Crippen molar-refractivity contribution < 1.29 is 14.4 Å². The summed E-state index contributed by atoms with van der Waals surface area (Å²) in [6.07, 6.45) is 0.784. The molecule has 1 aliphatic heterocycles. The van der Waals surface area contributed by atoms with Crippen LogP contribution in [0.1, 0.15) is 28.8 Å². The third-order valence-corrected chi connectivity index (χ3v) is 6.09. The van der Waals surface area contributed by atoms with Crippen LogP contribution in [-0.4, -0.2) is 22.8 Å². The van der Waals surface area contributed by atoms with Crippen LogP contribution in [0.2, 0.25) is 5.02 Å². The topological polar surface area (TPSA) is 100 Å². The zero-order chi connectivity index (χ0) is 22.0. The van der Waals surface area contributed by atoms with Gasteiger partial charge in [0.15, 0.2) is 0 Å². The maximum atomic E-state index is 12.5. The van der Waals surface area contributed by atoms with Gasteiger partial charge in [0.1, 0.15) is 5.54 Å². The lowest BCUT2D eigenvalue weighted by Gasteiger charge is -2.21. The molecular weight excluding hydrogens is 436 g/mol. The number of carbonyl (C=O) groups is 3. The predicted octanol–water partition coefficient (Wildman–Crippen LogP) is 3.62. The molecule has 0 saturated carbocycles. The van der Waals surface area contributed by atoms with Crippen molar-refractivity contribution in [2.75, 3.05) is 5.32 Å². The van der Waals surface area contributed by atoms with Gasteiger partial charge in [-0.05, 0) is 42.3 Å².